The van der Waals surface area contributed by atoms with Gasteiger partial charge < -0.3 is 5.32 Å². The van der Waals surface area contributed by atoms with Gasteiger partial charge in [0.15, 0.2) is 0 Å². The van der Waals surface area contributed by atoms with E-state index in [4.69, 9.17) is 0 Å². The summed E-state index contributed by atoms with van der Waals surface area (Å²) < 4.78 is 0. The SMILES string of the molecule is CCC1(NC(=O)C(C#N)c2ccccc2)CCC1. The van der Waals surface area contributed by atoms with Crippen LogP contribution in [-0.4, -0.2) is 11.4 Å². The number of carbonyl (C=O) groups is 1. The van der Waals surface area contributed by atoms with Crippen LogP contribution < -0.4 is 5.32 Å². The van der Waals surface area contributed by atoms with Crippen LogP contribution in [0, 0.1) is 11.3 Å². The van der Waals surface area contributed by atoms with Crippen LogP contribution in [0.1, 0.15) is 44.1 Å². The van der Waals surface area contributed by atoms with Gasteiger partial charge in [0.25, 0.3) is 0 Å². The lowest BCUT2D eigenvalue weighted by molar-refractivity contribution is -0.124. The van der Waals surface area contributed by atoms with Crippen LogP contribution in [0.15, 0.2) is 30.3 Å². The third-order valence-electron chi connectivity index (χ3n) is 3.90. The lowest BCUT2D eigenvalue weighted by Gasteiger charge is -2.42. The van der Waals surface area contributed by atoms with E-state index < -0.39 is 5.92 Å². The van der Waals surface area contributed by atoms with Gasteiger partial charge in [0, 0.05) is 5.54 Å². The van der Waals surface area contributed by atoms with E-state index in [1.165, 1.54) is 0 Å². The maximum absolute atomic E-state index is 12.2. The highest BCUT2D eigenvalue weighted by Gasteiger charge is 2.38. The molecule has 0 radical (unpaired) electrons. The number of carbonyl (C=O) groups excluding carboxylic acids is 1. The largest absolute Gasteiger partial charge is 0.349 e. The summed E-state index contributed by atoms with van der Waals surface area (Å²) in [6.07, 6.45) is 4.16. The molecule has 3 heteroatoms. The van der Waals surface area contributed by atoms with Gasteiger partial charge in [-0.2, -0.15) is 5.26 Å². The van der Waals surface area contributed by atoms with Crippen molar-refractivity contribution in [3.8, 4) is 6.07 Å². The summed E-state index contributed by atoms with van der Waals surface area (Å²) in [7, 11) is 0. The molecule has 0 aromatic heterocycles. The topological polar surface area (TPSA) is 52.9 Å². The number of benzene rings is 1. The summed E-state index contributed by atoms with van der Waals surface area (Å²) in [5.41, 5.74) is 0.712. The second kappa shape index (κ2) is 5.22. The standard InChI is InChI=1S/C15H18N2O/c1-2-15(9-6-10-15)17-14(18)13(11-16)12-7-4-3-5-8-12/h3-5,7-8,13H,2,6,9-10H2,1H3,(H,17,18). The first-order valence-electron chi connectivity index (χ1n) is 6.47. The molecule has 0 aliphatic heterocycles. The number of nitrogens with zero attached hydrogens (tertiary/aromatic N) is 1. The van der Waals surface area contributed by atoms with Gasteiger partial charge in [0.05, 0.1) is 6.07 Å². The lowest BCUT2D eigenvalue weighted by Crippen LogP contribution is -2.54. The van der Waals surface area contributed by atoms with Crippen LogP contribution >= 0.6 is 0 Å². The van der Waals surface area contributed by atoms with Crippen LogP contribution in [0.3, 0.4) is 0 Å². The van der Waals surface area contributed by atoms with Crippen molar-refractivity contribution < 1.29 is 4.79 Å². The van der Waals surface area contributed by atoms with E-state index in [0.717, 1.165) is 31.2 Å². The number of hydrogen-bond donors (Lipinski definition) is 1. The summed E-state index contributed by atoms with van der Waals surface area (Å²) in [6, 6.07) is 11.3. The molecule has 1 amide bonds. The smallest absolute Gasteiger partial charge is 0.242 e. The van der Waals surface area contributed by atoms with Crippen molar-refractivity contribution in [3.05, 3.63) is 35.9 Å². The molecule has 0 heterocycles. The fourth-order valence-corrected chi connectivity index (χ4v) is 2.43. The number of nitrogens with one attached hydrogen (secondary N) is 1. The fraction of sp³-hybridized carbons (Fsp3) is 0.467. The van der Waals surface area contributed by atoms with E-state index in [-0.39, 0.29) is 11.4 Å². The highest BCUT2D eigenvalue weighted by atomic mass is 16.2. The minimum atomic E-state index is -0.699. The van der Waals surface area contributed by atoms with Crippen LogP contribution in [0.25, 0.3) is 0 Å². The minimum absolute atomic E-state index is 0.0546. The van der Waals surface area contributed by atoms with E-state index in [9.17, 15) is 10.1 Å². The summed E-state index contributed by atoms with van der Waals surface area (Å²) in [4.78, 5) is 12.2. The molecule has 1 fully saturated rings. The van der Waals surface area contributed by atoms with E-state index in [0.29, 0.717) is 0 Å². The number of rotatable bonds is 4. The Labute approximate surface area is 108 Å². The third-order valence-corrected chi connectivity index (χ3v) is 3.90. The van der Waals surface area contributed by atoms with Gasteiger partial charge in [-0.15, -0.1) is 0 Å². The Morgan fingerprint density at radius 3 is 2.56 bits per heavy atom. The van der Waals surface area contributed by atoms with Crippen molar-refractivity contribution in [1.82, 2.24) is 5.32 Å². The maximum Gasteiger partial charge on any atom is 0.242 e. The predicted molar refractivity (Wildman–Crippen MR) is 69.8 cm³/mol. The average molecular weight is 242 g/mol. The zero-order valence-corrected chi connectivity index (χ0v) is 10.6. The second-order valence-corrected chi connectivity index (χ2v) is 4.95. The lowest BCUT2D eigenvalue weighted by atomic mass is 9.74. The van der Waals surface area contributed by atoms with Gasteiger partial charge in [0.2, 0.25) is 5.91 Å². The summed E-state index contributed by atoms with van der Waals surface area (Å²) in [5, 5.41) is 12.3. The van der Waals surface area contributed by atoms with Crippen molar-refractivity contribution in [1.29, 1.82) is 5.26 Å². The molecule has 1 saturated carbocycles. The number of nitriles is 1. The first-order valence-corrected chi connectivity index (χ1v) is 6.47. The molecule has 1 unspecified atom stereocenters. The molecule has 1 aliphatic rings. The van der Waals surface area contributed by atoms with Gasteiger partial charge in [0.1, 0.15) is 5.92 Å². The molecule has 3 nitrogen and oxygen atoms in total. The van der Waals surface area contributed by atoms with Crippen molar-refractivity contribution in [2.45, 2.75) is 44.1 Å². The molecule has 0 bridgehead atoms. The quantitative estimate of drug-likeness (QED) is 0.882. The highest BCUT2D eigenvalue weighted by molar-refractivity contribution is 5.87. The predicted octanol–water partition coefficient (Wildman–Crippen LogP) is 2.74. The third kappa shape index (κ3) is 2.38. The Bertz CT molecular complexity index is 452. The molecule has 1 aromatic rings. The summed E-state index contributed by atoms with van der Waals surface area (Å²) in [5.74, 6) is -0.861. The number of amides is 1. The Morgan fingerprint density at radius 1 is 1.44 bits per heavy atom. The number of hydrogen-bond acceptors (Lipinski definition) is 2. The summed E-state index contributed by atoms with van der Waals surface area (Å²) in [6.45, 7) is 2.09. The second-order valence-electron chi connectivity index (χ2n) is 4.95. The molecule has 1 aliphatic carbocycles. The molecule has 1 aromatic carbocycles. The van der Waals surface area contributed by atoms with Gasteiger partial charge in [-0.25, -0.2) is 0 Å². The van der Waals surface area contributed by atoms with Crippen LogP contribution in [0.2, 0.25) is 0 Å². The molecule has 18 heavy (non-hydrogen) atoms. The molecule has 1 N–H and O–H groups in total. The fourth-order valence-electron chi connectivity index (χ4n) is 2.43. The van der Waals surface area contributed by atoms with Crippen molar-refractivity contribution >= 4 is 5.91 Å². The van der Waals surface area contributed by atoms with Crippen LogP contribution in [0.5, 0.6) is 0 Å². The zero-order valence-electron chi connectivity index (χ0n) is 10.6. The van der Waals surface area contributed by atoms with Crippen LogP contribution in [-0.2, 0) is 4.79 Å². The zero-order chi connectivity index (χ0) is 13.0. The summed E-state index contributed by atoms with van der Waals surface area (Å²) >= 11 is 0. The molecule has 2 rings (SSSR count). The van der Waals surface area contributed by atoms with Crippen molar-refractivity contribution in [2.75, 3.05) is 0 Å². The normalized spacial score (nSPS) is 18.2. The Kier molecular flexibility index (Phi) is 3.66. The first-order chi connectivity index (χ1) is 8.71. The van der Waals surface area contributed by atoms with Gasteiger partial charge in [-0.1, -0.05) is 37.3 Å². The Balaban J connectivity index is 2.10. The Hall–Kier alpha value is -1.82. The van der Waals surface area contributed by atoms with Crippen molar-refractivity contribution in [3.63, 3.8) is 0 Å². The van der Waals surface area contributed by atoms with E-state index in [1.807, 2.05) is 30.3 Å². The van der Waals surface area contributed by atoms with Gasteiger partial charge in [-0.3, -0.25) is 4.79 Å². The molecule has 94 valence electrons. The van der Waals surface area contributed by atoms with Crippen LogP contribution in [0.4, 0.5) is 0 Å². The van der Waals surface area contributed by atoms with Gasteiger partial charge >= 0.3 is 0 Å². The first kappa shape index (κ1) is 12.6. The van der Waals surface area contributed by atoms with Crippen molar-refractivity contribution in [2.24, 2.45) is 0 Å². The van der Waals surface area contributed by atoms with E-state index >= 15 is 0 Å². The molecule has 0 spiro atoms. The molecular formula is C15H18N2O. The average Bonchev–Trinajstić information content (AvgIpc) is 2.36. The van der Waals surface area contributed by atoms with E-state index in [1.54, 1.807) is 0 Å². The monoisotopic (exact) mass is 242 g/mol. The van der Waals surface area contributed by atoms with E-state index in [2.05, 4.69) is 18.3 Å². The minimum Gasteiger partial charge on any atom is -0.349 e. The highest BCUT2D eigenvalue weighted by Crippen LogP contribution is 2.35. The Morgan fingerprint density at radius 2 is 2.11 bits per heavy atom. The molecular weight excluding hydrogens is 224 g/mol. The maximum atomic E-state index is 12.2. The molecule has 1 atom stereocenters. The molecule has 0 saturated heterocycles. The van der Waals surface area contributed by atoms with Gasteiger partial charge in [-0.05, 0) is 31.2 Å².